The van der Waals surface area contributed by atoms with Crippen LogP contribution >= 0.6 is 0 Å². The Bertz CT molecular complexity index is 320. The van der Waals surface area contributed by atoms with E-state index in [1.807, 2.05) is 20.8 Å². The van der Waals surface area contributed by atoms with Gasteiger partial charge in [-0.05, 0) is 45.4 Å². The number of aliphatic hydroxyl groups is 2. The van der Waals surface area contributed by atoms with Crippen LogP contribution in [0.4, 0.5) is 0 Å². The Hall–Kier alpha value is -0.650. The van der Waals surface area contributed by atoms with Crippen LogP contribution in [0.3, 0.4) is 0 Å². The number of ether oxygens (including phenoxy) is 1. The van der Waals surface area contributed by atoms with Crippen LogP contribution in [-0.4, -0.2) is 47.1 Å². The molecule has 0 aromatic heterocycles. The minimum absolute atomic E-state index is 0.0755. The minimum atomic E-state index is -0.772. The van der Waals surface area contributed by atoms with Crippen LogP contribution in [0.5, 0.6) is 0 Å². The van der Waals surface area contributed by atoms with Crippen molar-refractivity contribution in [1.82, 2.24) is 5.32 Å². The molecule has 1 fully saturated rings. The van der Waals surface area contributed by atoms with Crippen LogP contribution < -0.4 is 5.32 Å². The smallest absolute Gasteiger partial charge is 0.308 e. The average Bonchev–Trinajstić information content (AvgIpc) is 2.48. The molecule has 0 radical (unpaired) electrons. The second-order valence-corrected chi connectivity index (χ2v) is 6.29. The van der Waals surface area contributed by atoms with Crippen molar-refractivity contribution in [2.45, 2.75) is 70.5 Å². The summed E-state index contributed by atoms with van der Waals surface area (Å²) in [5.74, 6) is -0.215. The molecule has 1 aliphatic carbocycles. The largest absolute Gasteiger partial charge is 0.466 e. The second kappa shape index (κ2) is 8.11. The van der Waals surface area contributed by atoms with Crippen molar-refractivity contribution in [3.63, 3.8) is 0 Å². The van der Waals surface area contributed by atoms with E-state index in [9.17, 15) is 15.0 Å². The maximum atomic E-state index is 11.7. The van der Waals surface area contributed by atoms with E-state index < -0.39 is 11.2 Å². The van der Waals surface area contributed by atoms with Gasteiger partial charge in [0, 0.05) is 13.1 Å². The Kier molecular flexibility index (Phi) is 7.10. The van der Waals surface area contributed by atoms with E-state index in [-0.39, 0.29) is 11.9 Å². The number of esters is 1. The highest BCUT2D eigenvalue weighted by atomic mass is 16.5. The summed E-state index contributed by atoms with van der Waals surface area (Å²) >= 11 is 0. The normalized spacial score (nSPS) is 26.6. The fourth-order valence-corrected chi connectivity index (χ4v) is 2.86. The van der Waals surface area contributed by atoms with Crippen molar-refractivity contribution in [2.24, 2.45) is 5.92 Å². The Morgan fingerprint density at radius 2 is 1.86 bits per heavy atom. The molecule has 1 saturated carbocycles. The first-order valence-corrected chi connectivity index (χ1v) is 8.20. The first-order valence-electron chi connectivity index (χ1n) is 8.20. The molecule has 124 valence electrons. The molecule has 5 nitrogen and oxygen atoms in total. The predicted octanol–water partition coefficient (Wildman–Crippen LogP) is 1.61. The van der Waals surface area contributed by atoms with Crippen molar-refractivity contribution in [2.75, 3.05) is 19.7 Å². The third kappa shape index (κ3) is 5.57. The number of hydrogen-bond acceptors (Lipinski definition) is 5. The lowest BCUT2D eigenvalue weighted by molar-refractivity contribution is -0.151. The van der Waals surface area contributed by atoms with Crippen molar-refractivity contribution >= 4 is 5.97 Å². The fourth-order valence-electron chi connectivity index (χ4n) is 2.86. The first kappa shape index (κ1) is 18.4. The summed E-state index contributed by atoms with van der Waals surface area (Å²) in [4.78, 5) is 11.7. The number of carbonyl (C=O) groups is 1. The number of nitrogens with one attached hydrogen (secondary N) is 1. The van der Waals surface area contributed by atoms with Gasteiger partial charge in [0.1, 0.15) is 0 Å². The summed E-state index contributed by atoms with van der Waals surface area (Å²) in [6, 6.07) is 0. The van der Waals surface area contributed by atoms with Gasteiger partial charge in [-0.25, -0.2) is 0 Å². The van der Waals surface area contributed by atoms with Crippen LogP contribution in [0.1, 0.15) is 59.3 Å². The summed E-state index contributed by atoms with van der Waals surface area (Å²) in [6.07, 6.45) is 3.92. The topological polar surface area (TPSA) is 78.8 Å². The van der Waals surface area contributed by atoms with Gasteiger partial charge in [-0.15, -0.1) is 0 Å². The summed E-state index contributed by atoms with van der Waals surface area (Å²) in [5.41, 5.74) is -1.47. The standard InChI is InChI=1S/C16H31NO4/c1-4-15(19,5-2)11-17-12-16(20)9-7-13(8-10-16)14(18)21-6-3/h13,17,19-20H,4-12H2,1-3H3. The average molecular weight is 301 g/mol. The Morgan fingerprint density at radius 1 is 1.29 bits per heavy atom. The van der Waals surface area contributed by atoms with Crippen LogP contribution in [0.2, 0.25) is 0 Å². The molecule has 0 spiro atoms. The molecule has 0 amide bonds. The zero-order valence-corrected chi connectivity index (χ0v) is 13.7. The highest BCUT2D eigenvalue weighted by Gasteiger charge is 2.36. The number of carbonyl (C=O) groups excluding carboxylic acids is 1. The SMILES string of the molecule is CCOC(=O)C1CCC(O)(CNCC(O)(CC)CC)CC1. The van der Waals surface area contributed by atoms with Crippen LogP contribution in [0.25, 0.3) is 0 Å². The lowest BCUT2D eigenvalue weighted by Crippen LogP contribution is -2.48. The Balaban J connectivity index is 2.36. The Labute approximate surface area is 128 Å². The van der Waals surface area contributed by atoms with E-state index in [0.29, 0.717) is 58.2 Å². The van der Waals surface area contributed by atoms with Crippen molar-refractivity contribution in [3.8, 4) is 0 Å². The summed E-state index contributed by atoms with van der Waals surface area (Å²) in [6.45, 7) is 7.10. The first-order chi connectivity index (χ1) is 9.88. The van der Waals surface area contributed by atoms with Gasteiger partial charge >= 0.3 is 5.97 Å². The van der Waals surface area contributed by atoms with Crippen molar-refractivity contribution < 1.29 is 19.7 Å². The van der Waals surface area contributed by atoms with E-state index in [1.165, 1.54) is 0 Å². The third-order valence-electron chi connectivity index (χ3n) is 4.76. The lowest BCUT2D eigenvalue weighted by Gasteiger charge is -2.36. The molecule has 0 heterocycles. The molecule has 0 bridgehead atoms. The molecule has 0 aromatic rings. The van der Waals surface area contributed by atoms with Gasteiger partial charge in [0.25, 0.3) is 0 Å². The van der Waals surface area contributed by atoms with Crippen LogP contribution in [-0.2, 0) is 9.53 Å². The van der Waals surface area contributed by atoms with Crippen molar-refractivity contribution in [3.05, 3.63) is 0 Å². The fraction of sp³-hybridized carbons (Fsp3) is 0.938. The molecular weight excluding hydrogens is 270 g/mol. The number of hydrogen-bond donors (Lipinski definition) is 3. The summed E-state index contributed by atoms with van der Waals surface area (Å²) < 4.78 is 5.04. The van der Waals surface area contributed by atoms with Gasteiger partial charge < -0.3 is 20.3 Å². The van der Waals surface area contributed by atoms with Gasteiger partial charge in [0.15, 0.2) is 0 Å². The zero-order chi connectivity index (χ0) is 15.9. The summed E-state index contributed by atoms with van der Waals surface area (Å²) in [7, 11) is 0. The van der Waals surface area contributed by atoms with Gasteiger partial charge in [-0.2, -0.15) is 0 Å². The molecule has 0 saturated heterocycles. The van der Waals surface area contributed by atoms with E-state index in [0.717, 1.165) is 0 Å². The van der Waals surface area contributed by atoms with Gasteiger partial charge in [-0.1, -0.05) is 13.8 Å². The molecule has 0 aromatic carbocycles. The zero-order valence-electron chi connectivity index (χ0n) is 13.7. The monoisotopic (exact) mass is 301 g/mol. The van der Waals surface area contributed by atoms with Gasteiger partial charge in [0.2, 0.25) is 0 Å². The molecule has 0 atom stereocenters. The van der Waals surface area contributed by atoms with Crippen LogP contribution in [0, 0.1) is 5.92 Å². The van der Waals surface area contributed by atoms with Crippen molar-refractivity contribution in [1.29, 1.82) is 0 Å². The molecule has 5 heteroatoms. The Morgan fingerprint density at radius 3 is 2.33 bits per heavy atom. The predicted molar refractivity (Wildman–Crippen MR) is 81.9 cm³/mol. The number of rotatable bonds is 8. The van der Waals surface area contributed by atoms with E-state index in [1.54, 1.807) is 0 Å². The lowest BCUT2D eigenvalue weighted by atomic mass is 9.78. The molecule has 1 aliphatic rings. The molecule has 0 unspecified atom stereocenters. The molecule has 21 heavy (non-hydrogen) atoms. The van der Waals surface area contributed by atoms with E-state index in [4.69, 9.17) is 4.74 Å². The molecular formula is C16H31NO4. The molecule has 1 rings (SSSR count). The summed E-state index contributed by atoms with van der Waals surface area (Å²) in [5, 5.41) is 23.9. The van der Waals surface area contributed by atoms with E-state index >= 15 is 0 Å². The molecule has 3 N–H and O–H groups in total. The maximum absolute atomic E-state index is 11.7. The van der Waals surface area contributed by atoms with Gasteiger partial charge in [0.05, 0.1) is 23.7 Å². The van der Waals surface area contributed by atoms with E-state index in [2.05, 4.69) is 5.32 Å². The highest BCUT2D eigenvalue weighted by molar-refractivity contribution is 5.72. The second-order valence-electron chi connectivity index (χ2n) is 6.29. The maximum Gasteiger partial charge on any atom is 0.308 e. The minimum Gasteiger partial charge on any atom is -0.466 e. The van der Waals surface area contributed by atoms with Crippen LogP contribution in [0.15, 0.2) is 0 Å². The quantitative estimate of drug-likeness (QED) is 0.594. The van der Waals surface area contributed by atoms with Gasteiger partial charge in [-0.3, -0.25) is 4.79 Å². The highest BCUT2D eigenvalue weighted by Crippen LogP contribution is 2.32. The third-order valence-corrected chi connectivity index (χ3v) is 4.76. The molecule has 0 aliphatic heterocycles.